The van der Waals surface area contributed by atoms with Crippen LogP contribution in [-0.4, -0.2) is 23.9 Å². The zero-order valence-corrected chi connectivity index (χ0v) is 18.2. The lowest BCUT2D eigenvalue weighted by molar-refractivity contribution is -0.113. The molecule has 33 heavy (non-hydrogen) atoms. The average molecular weight is 464 g/mol. The number of rotatable bonds is 6. The third-order valence-corrected chi connectivity index (χ3v) is 5.24. The number of ether oxygens (including phenoxy) is 1. The Kier molecular flexibility index (Phi) is 6.42. The summed E-state index contributed by atoms with van der Waals surface area (Å²) in [6.07, 6.45) is 3.27. The molecule has 0 saturated carbocycles. The van der Waals surface area contributed by atoms with Crippen molar-refractivity contribution in [1.82, 2.24) is 10.3 Å². The molecule has 4 rings (SSSR count). The minimum absolute atomic E-state index is 0.0204. The van der Waals surface area contributed by atoms with Gasteiger partial charge < -0.3 is 20.4 Å². The van der Waals surface area contributed by atoms with Gasteiger partial charge >= 0.3 is 0 Å². The first-order valence-corrected chi connectivity index (χ1v) is 10.3. The number of nitrogens with one attached hydrogen (secondary N) is 3. The van der Waals surface area contributed by atoms with E-state index in [0.29, 0.717) is 16.9 Å². The van der Waals surface area contributed by atoms with Crippen molar-refractivity contribution in [2.24, 2.45) is 0 Å². The number of hydrogen-bond acceptors (Lipinski definition) is 3. The zero-order valence-electron chi connectivity index (χ0n) is 17.5. The minimum atomic E-state index is -0.620. The van der Waals surface area contributed by atoms with E-state index in [4.69, 9.17) is 16.3 Å². The molecule has 0 bridgehead atoms. The number of carbonyl (C=O) groups is 2. The highest BCUT2D eigenvalue weighted by molar-refractivity contribution is 6.34. The molecule has 0 radical (unpaired) electrons. The molecule has 0 aliphatic carbocycles. The van der Waals surface area contributed by atoms with Crippen LogP contribution in [0.1, 0.15) is 15.9 Å². The van der Waals surface area contributed by atoms with Crippen molar-refractivity contribution in [1.29, 1.82) is 0 Å². The van der Waals surface area contributed by atoms with Crippen LogP contribution in [0.3, 0.4) is 0 Å². The van der Waals surface area contributed by atoms with E-state index in [1.807, 2.05) is 18.2 Å². The smallest absolute Gasteiger partial charge is 0.272 e. The average Bonchev–Trinajstić information content (AvgIpc) is 3.22. The van der Waals surface area contributed by atoms with E-state index in [0.717, 1.165) is 17.0 Å². The van der Waals surface area contributed by atoms with Gasteiger partial charge in [-0.3, -0.25) is 9.59 Å². The van der Waals surface area contributed by atoms with E-state index in [2.05, 4.69) is 15.6 Å². The molecule has 4 aromatic rings. The minimum Gasteiger partial charge on any atom is -0.497 e. The molecule has 3 N–H and O–H groups in total. The van der Waals surface area contributed by atoms with Crippen molar-refractivity contribution >= 4 is 46.1 Å². The summed E-state index contributed by atoms with van der Waals surface area (Å²) in [7, 11) is 1.56. The maximum atomic E-state index is 13.4. The molecule has 0 atom stereocenters. The van der Waals surface area contributed by atoms with Gasteiger partial charge in [0.05, 0.1) is 17.8 Å². The predicted octanol–water partition coefficient (Wildman–Crippen LogP) is 5.38. The van der Waals surface area contributed by atoms with Crippen LogP contribution in [0.15, 0.2) is 78.6 Å². The third-order valence-electron chi connectivity index (χ3n) is 4.93. The fourth-order valence-corrected chi connectivity index (χ4v) is 3.46. The Bertz CT molecular complexity index is 1370. The standard InChI is InChI=1S/C25H19ClFN3O3/c1-33-18-8-10-21-19(13-18)16(14-28-21)11-23(30-24(31)15-5-3-2-4-6-15)25(32)29-22-9-7-17(27)12-20(22)26/h2-14,28H,1H3,(H,29,32)(H,30,31)/b23-11-. The van der Waals surface area contributed by atoms with Gasteiger partial charge in [-0.25, -0.2) is 4.39 Å². The highest BCUT2D eigenvalue weighted by atomic mass is 35.5. The van der Waals surface area contributed by atoms with Crippen molar-refractivity contribution in [2.45, 2.75) is 0 Å². The van der Waals surface area contributed by atoms with Crippen LogP contribution < -0.4 is 15.4 Å². The monoisotopic (exact) mass is 463 g/mol. The third kappa shape index (κ3) is 5.05. The van der Waals surface area contributed by atoms with Gasteiger partial charge in [-0.2, -0.15) is 0 Å². The maximum absolute atomic E-state index is 13.4. The Balaban J connectivity index is 1.72. The second-order valence-electron chi connectivity index (χ2n) is 7.11. The largest absolute Gasteiger partial charge is 0.497 e. The Morgan fingerprint density at radius 1 is 1.06 bits per heavy atom. The van der Waals surface area contributed by atoms with E-state index >= 15 is 0 Å². The number of methoxy groups -OCH3 is 1. The number of aromatic amines is 1. The van der Waals surface area contributed by atoms with Crippen molar-refractivity contribution in [3.05, 3.63) is 101 Å². The van der Waals surface area contributed by atoms with E-state index in [1.165, 1.54) is 12.1 Å². The molecule has 1 heterocycles. The Morgan fingerprint density at radius 2 is 1.85 bits per heavy atom. The van der Waals surface area contributed by atoms with Gasteiger partial charge in [0.1, 0.15) is 17.3 Å². The summed E-state index contributed by atoms with van der Waals surface area (Å²) >= 11 is 6.05. The second-order valence-corrected chi connectivity index (χ2v) is 7.52. The van der Waals surface area contributed by atoms with Gasteiger partial charge in [0.15, 0.2) is 0 Å². The molecular formula is C25H19ClFN3O3. The van der Waals surface area contributed by atoms with Crippen molar-refractivity contribution in [3.8, 4) is 5.75 Å². The topological polar surface area (TPSA) is 83.2 Å². The molecular weight excluding hydrogens is 445 g/mol. The van der Waals surface area contributed by atoms with Crippen LogP contribution in [-0.2, 0) is 4.79 Å². The van der Waals surface area contributed by atoms with Crippen molar-refractivity contribution < 1.29 is 18.7 Å². The molecule has 2 amide bonds. The maximum Gasteiger partial charge on any atom is 0.272 e. The van der Waals surface area contributed by atoms with E-state index < -0.39 is 17.6 Å². The molecule has 0 aliphatic heterocycles. The SMILES string of the molecule is COc1ccc2[nH]cc(/C=C(\NC(=O)c3ccccc3)C(=O)Nc3ccc(F)cc3Cl)c2c1. The first kappa shape index (κ1) is 22.1. The van der Waals surface area contributed by atoms with Crippen LogP contribution >= 0.6 is 11.6 Å². The quantitative estimate of drug-likeness (QED) is 0.336. The van der Waals surface area contributed by atoms with Crippen LogP contribution in [0.25, 0.3) is 17.0 Å². The van der Waals surface area contributed by atoms with Crippen LogP contribution in [0.2, 0.25) is 5.02 Å². The van der Waals surface area contributed by atoms with E-state index in [-0.39, 0.29) is 16.4 Å². The fraction of sp³-hybridized carbons (Fsp3) is 0.0400. The molecule has 0 unspecified atom stereocenters. The summed E-state index contributed by atoms with van der Waals surface area (Å²) in [4.78, 5) is 29.0. The number of carbonyl (C=O) groups excluding carboxylic acids is 2. The number of aromatic nitrogens is 1. The lowest BCUT2D eigenvalue weighted by Gasteiger charge is -2.12. The molecule has 6 nitrogen and oxygen atoms in total. The number of H-pyrrole nitrogens is 1. The van der Waals surface area contributed by atoms with Gasteiger partial charge in [-0.05, 0) is 54.6 Å². The number of anilines is 1. The van der Waals surface area contributed by atoms with Gasteiger partial charge in [0.25, 0.3) is 11.8 Å². The van der Waals surface area contributed by atoms with Gasteiger partial charge in [0.2, 0.25) is 0 Å². The Hall–Kier alpha value is -4.10. The Labute approximate surface area is 194 Å². The zero-order chi connectivity index (χ0) is 23.4. The van der Waals surface area contributed by atoms with Gasteiger partial charge in [0, 0.05) is 28.2 Å². The first-order valence-electron chi connectivity index (χ1n) is 9.94. The van der Waals surface area contributed by atoms with E-state index in [9.17, 15) is 14.0 Å². The normalized spacial score (nSPS) is 11.3. The highest BCUT2D eigenvalue weighted by Crippen LogP contribution is 2.26. The fourth-order valence-electron chi connectivity index (χ4n) is 3.25. The molecule has 0 fully saturated rings. The highest BCUT2D eigenvalue weighted by Gasteiger charge is 2.17. The Morgan fingerprint density at radius 3 is 2.58 bits per heavy atom. The predicted molar refractivity (Wildman–Crippen MR) is 127 cm³/mol. The van der Waals surface area contributed by atoms with Crippen LogP contribution in [0.4, 0.5) is 10.1 Å². The number of fused-ring (bicyclic) bond motifs is 1. The number of halogens is 2. The summed E-state index contributed by atoms with van der Waals surface area (Å²) in [6.45, 7) is 0. The van der Waals surface area contributed by atoms with Gasteiger partial charge in [-0.15, -0.1) is 0 Å². The number of hydrogen-bond donors (Lipinski definition) is 3. The van der Waals surface area contributed by atoms with E-state index in [1.54, 1.807) is 49.7 Å². The van der Waals surface area contributed by atoms with Crippen molar-refractivity contribution in [2.75, 3.05) is 12.4 Å². The lowest BCUT2D eigenvalue weighted by atomic mass is 10.1. The molecule has 3 aromatic carbocycles. The lowest BCUT2D eigenvalue weighted by Crippen LogP contribution is -2.30. The van der Waals surface area contributed by atoms with Crippen LogP contribution in [0.5, 0.6) is 5.75 Å². The van der Waals surface area contributed by atoms with Crippen LogP contribution in [0, 0.1) is 5.82 Å². The molecule has 1 aromatic heterocycles. The van der Waals surface area contributed by atoms with Gasteiger partial charge in [-0.1, -0.05) is 29.8 Å². The summed E-state index contributed by atoms with van der Waals surface area (Å²) in [5, 5.41) is 6.12. The summed E-state index contributed by atoms with van der Waals surface area (Å²) < 4.78 is 18.7. The first-order chi connectivity index (χ1) is 15.9. The summed E-state index contributed by atoms with van der Waals surface area (Å²) in [5.74, 6) is -0.960. The molecule has 0 spiro atoms. The number of amides is 2. The molecule has 0 aliphatic rings. The molecule has 8 heteroatoms. The second kappa shape index (κ2) is 9.58. The summed E-state index contributed by atoms with van der Waals surface area (Å²) in [5.41, 5.74) is 2.07. The summed E-state index contributed by atoms with van der Waals surface area (Å²) in [6, 6.07) is 17.6. The molecule has 0 saturated heterocycles. The number of benzene rings is 3. The molecule has 166 valence electrons. The van der Waals surface area contributed by atoms with Crippen molar-refractivity contribution in [3.63, 3.8) is 0 Å².